The van der Waals surface area contributed by atoms with Crippen LogP contribution in [0.4, 0.5) is 4.39 Å². The van der Waals surface area contributed by atoms with Gasteiger partial charge in [-0.25, -0.2) is 8.96 Å². The molecule has 2 aromatic heterocycles. The fourth-order valence-electron chi connectivity index (χ4n) is 2.92. The third-order valence-corrected chi connectivity index (χ3v) is 4.06. The number of nitrogens with zero attached hydrogens (tertiary/aromatic N) is 1. The predicted octanol–water partition coefficient (Wildman–Crippen LogP) is 4.83. The maximum absolute atomic E-state index is 13.8. The number of rotatable bonds is 1. The van der Waals surface area contributed by atoms with E-state index in [1.54, 1.807) is 17.7 Å². The normalized spacial score (nSPS) is 15.2. The van der Waals surface area contributed by atoms with Crippen LogP contribution in [0.15, 0.2) is 53.0 Å². The van der Waals surface area contributed by atoms with E-state index in [4.69, 9.17) is 11.3 Å². The van der Waals surface area contributed by atoms with E-state index in [1.807, 2.05) is 19.1 Å². The Bertz CT molecular complexity index is 1260. The molecule has 0 bridgehead atoms. The summed E-state index contributed by atoms with van der Waals surface area (Å²) in [5, 5.41) is 1.32. The van der Waals surface area contributed by atoms with Crippen molar-refractivity contribution in [3.63, 3.8) is 0 Å². The summed E-state index contributed by atoms with van der Waals surface area (Å²) in [5.41, 5.74) is 2.58. The molecule has 0 saturated heterocycles. The Kier molecular flexibility index (Phi) is 2.02. The highest BCUT2D eigenvalue weighted by Gasteiger charge is 2.20. The second kappa shape index (κ2) is 4.92. The van der Waals surface area contributed by atoms with Crippen molar-refractivity contribution >= 4 is 21.9 Å². The van der Waals surface area contributed by atoms with Gasteiger partial charge in [0.2, 0.25) is 5.69 Å². The Hall–Kier alpha value is -2.68. The quantitative estimate of drug-likeness (QED) is 0.460. The molecule has 114 valence electrons. The van der Waals surface area contributed by atoms with Gasteiger partial charge >= 0.3 is 0 Å². The zero-order valence-corrected chi connectivity index (χ0v) is 12.7. The van der Waals surface area contributed by atoms with Gasteiger partial charge in [0.15, 0.2) is 6.17 Å². The molecule has 0 aliphatic heterocycles. The third kappa shape index (κ3) is 2.12. The third-order valence-electron chi connectivity index (χ3n) is 4.06. The first kappa shape index (κ1) is 9.46. The molecule has 0 amide bonds. The average molecular weight is 311 g/mol. The van der Waals surface area contributed by atoms with Gasteiger partial charge in [0.25, 0.3) is 0 Å². The van der Waals surface area contributed by atoms with Gasteiger partial charge < -0.3 is 4.42 Å². The zero-order chi connectivity index (χ0) is 20.4. The van der Waals surface area contributed by atoms with Crippen LogP contribution in [0.5, 0.6) is 0 Å². The molecule has 2 nitrogen and oxygen atoms in total. The van der Waals surface area contributed by atoms with Crippen molar-refractivity contribution < 1.29 is 20.2 Å². The van der Waals surface area contributed by atoms with Gasteiger partial charge in [-0.15, -0.1) is 0 Å². The number of hydrogen-bond acceptors (Lipinski definition) is 1. The van der Waals surface area contributed by atoms with E-state index in [-0.39, 0.29) is 23.4 Å². The van der Waals surface area contributed by atoms with Gasteiger partial charge in [-0.05, 0) is 37.0 Å². The molecule has 0 aliphatic carbocycles. The SMILES string of the molecule is [2H]c1c(F)ccc2c1oc1c(-c3cc(C([2H])([2H])[2H])cc([2H])[n+]3C)c(C)ccc12. The molecule has 0 radical (unpaired) electrons. The Morgan fingerprint density at radius 1 is 1.17 bits per heavy atom. The lowest BCUT2D eigenvalue weighted by molar-refractivity contribution is -0.660. The van der Waals surface area contributed by atoms with Crippen molar-refractivity contribution in [2.45, 2.75) is 13.8 Å². The Balaban J connectivity index is 2.14. The van der Waals surface area contributed by atoms with Gasteiger partial charge in [0.1, 0.15) is 25.4 Å². The van der Waals surface area contributed by atoms with Crippen LogP contribution in [0, 0.1) is 19.6 Å². The van der Waals surface area contributed by atoms with Crippen LogP contribution in [-0.2, 0) is 7.05 Å². The number of aromatic nitrogens is 1. The zero-order valence-electron chi connectivity index (χ0n) is 17.7. The van der Waals surface area contributed by atoms with E-state index < -0.39 is 12.7 Å². The number of furan rings is 1. The first-order valence-electron chi connectivity index (χ1n) is 9.72. The maximum Gasteiger partial charge on any atom is 0.216 e. The van der Waals surface area contributed by atoms with Crippen molar-refractivity contribution in [1.82, 2.24) is 0 Å². The maximum atomic E-state index is 13.8. The molecule has 4 rings (SSSR count). The van der Waals surface area contributed by atoms with Crippen LogP contribution in [0.1, 0.15) is 18.0 Å². The molecule has 3 heteroatoms. The monoisotopic (exact) mass is 311 g/mol. The fraction of sp³-hybridized carbons (Fsp3) is 0.150. The molecule has 0 fully saturated rings. The van der Waals surface area contributed by atoms with E-state index in [1.165, 1.54) is 18.2 Å². The van der Waals surface area contributed by atoms with Crippen LogP contribution >= 0.6 is 0 Å². The largest absolute Gasteiger partial charge is 0.455 e. The van der Waals surface area contributed by atoms with E-state index in [9.17, 15) is 4.39 Å². The first-order chi connectivity index (χ1) is 13.1. The second-order valence-electron chi connectivity index (χ2n) is 5.60. The molecule has 0 unspecified atom stereocenters. The summed E-state index contributed by atoms with van der Waals surface area (Å²) in [6.07, 6.45) is 0.0448. The molecule has 2 aromatic carbocycles. The second-order valence-corrected chi connectivity index (χ2v) is 5.60. The number of pyridine rings is 1. The molecular formula is C20H17FNO+. The van der Waals surface area contributed by atoms with E-state index in [2.05, 4.69) is 0 Å². The highest BCUT2D eigenvalue weighted by Crippen LogP contribution is 2.37. The highest BCUT2D eigenvalue weighted by molar-refractivity contribution is 6.09. The van der Waals surface area contributed by atoms with Crippen LogP contribution in [0.3, 0.4) is 0 Å². The number of benzene rings is 2. The van der Waals surface area contributed by atoms with Crippen LogP contribution < -0.4 is 4.57 Å². The Labute approximate surface area is 140 Å². The van der Waals surface area contributed by atoms with Crippen molar-refractivity contribution in [3.8, 4) is 11.3 Å². The summed E-state index contributed by atoms with van der Waals surface area (Å²) in [4.78, 5) is 0. The molecule has 0 saturated carbocycles. The number of fused-ring (bicyclic) bond motifs is 3. The molecule has 2 heterocycles. The number of hydrogen-bond donors (Lipinski definition) is 0. The lowest BCUT2D eigenvalue weighted by Gasteiger charge is -2.06. The molecule has 23 heavy (non-hydrogen) atoms. The minimum absolute atomic E-state index is 0.0448. The van der Waals surface area contributed by atoms with E-state index in [0.717, 1.165) is 5.56 Å². The van der Waals surface area contributed by atoms with E-state index >= 15 is 0 Å². The summed E-state index contributed by atoms with van der Waals surface area (Å²) in [6, 6.07) is 9.04. The van der Waals surface area contributed by atoms with Crippen LogP contribution in [0.2, 0.25) is 0 Å². The summed E-state index contributed by atoms with van der Waals surface area (Å²) < 4.78 is 60.6. The van der Waals surface area contributed by atoms with E-state index in [0.29, 0.717) is 27.6 Å². The van der Waals surface area contributed by atoms with Crippen LogP contribution in [0.25, 0.3) is 33.2 Å². The molecule has 0 N–H and O–H groups in total. The Morgan fingerprint density at radius 2 is 2.00 bits per heavy atom. The molecule has 4 aromatic rings. The van der Waals surface area contributed by atoms with Crippen molar-refractivity contribution in [2.75, 3.05) is 0 Å². The van der Waals surface area contributed by atoms with Crippen molar-refractivity contribution in [2.24, 2.45) is 7.05 Å². The Morgan fingerprint density at radius 3 is 2.83 bits per heavy atom. The molecule has 0 atom stereocenters. The lowest BCUT2D eigenvalue weighted by atomic mass is 10.00. The van der Waals surface area contributed by atoms with Crippen molar-refractivity contribution in [3.05, 3.63) is 65.6 Å². The topological polar surface area (TPSA) is 17.0 Å². The predicted molar refractivity (Wildman–Crippen MR) is 89.8 cm³/mol. The first-order valence-corrected chi connectivity index (χ1v) is 7.22. The molecule has 0 aliphatic rings. The number of halogens is 1. The summed E-state index contributed by atoms with van der Waals surface area (Å²) >= 11 is 0. The van der Waals surface area contributed by atoms with Gasteiger partial charge in [0, 0.05) is 33.1 Å². The summed E-state index contributed by atoms with van der Waals surface area (Å²) in [7, 11) is 1.68. The van der Waals surface area contributed by atoms with Gasteiger partial charge in [-0.3, -0.25) is 0 Å². The smallest absolute Gasteiger partial charge is 0.216 e. The fourth-order valence-corrected chi connectivity index (χ4v) is 2.92. The number of aryl methyl sites for hydroxylation is 2. The molecular weight excluding hydrogens is 289 g/mol. The standard InChI is InChI=1S/C20H17FNO/c1-12-8-9-22(3)17(10-12)19-13(2)4-6-16-15-7-5-14(21)11-18(15)23-20(16)19/h4-11H,1-3H3/q+1/i1D3,9D,11D. The summed E-state index contributed by atoms with van der Waals surface area (Å²) in [6.45, 7) is -0.498. The minimum Gasteiger partial charge on any atom is -0.455 e. The summed E-state index contributed by atoms with van der Waals surface area (Å²) in [5.74, 6) is -0.673. The highest BCUT2D eigenvalue weighted by atomic mass is 19.1. The van der Waals surface area contributed by atoms with Crippen LogP contribution in [-0.4, -0.2) is 0 Å². The minimum atomic E-state index is -2.36. The average Bonchev–Trinajstić information content (AvgIpc) is 2.99. The lowest BCUT2D eigenvalue weighted by Crippen LogP contribution is -2.30. The van der Waals surface area contributed by atoms with Gasteiger partial charge in [0.05, 0.1) is 6.93 Å². The van der Waals surface area contributed by atoms with Gasteiger partial charge in [-0.2, -0.15) is 0 Å². The van der Waals surface area contributed by atoms with Crippen molar-refractivity contribution in [1.29, 1.82) is 0 Å². The van der Waals surface area contributed by atoms with Gasteiger partial charge in [-0.1, -0.05) is 12.1 Å². The molecule has 0 spiro atoms.